The molecule has 0 radical (unpaired) electrons. The van der Waals surface area contributed by atoms with Crippen LogP contribution in [-0.2, 0) is 12.6 Å². The third kappa shape index (κ3) is 3.84. The zero-order chi connectivity index (χ0) is 14.6. The van der Waals surface area contributed by atoms with Gasteiger partial charge in [0.25, 0.3) is 0 Å². The first-order valence-corrected chi connectivity index (χ1v) is 6.82. The number of hydrazine groups is 1. The van der Waals surface area contributed by atoms with Gasteiger partial charge in [0.15, 0.2) is 0 Å². The lowest BCUT2D eigenvalue weighted by Crippen LogP contribution is -2.38. The van der Waals surface area contributed by atoms with Gasteiger partial charge in [-0.25, -0.2) is 0 Å². The van der Waals surface area contributed by atoms with Crippen LogP contribution in [0.2, 0.25) is 0 Å². The fourth-order valence-corrected chi connectivity index (χ4v) is 2.59. The van der Waals surface area contributed by atoms with Crippen LogP contribution < -0.4 is 11.3 Å². The van der Waals surface area contributed by atoms with E-state index in [2.05, 4.69) is 11.5 Å². The van der Waals surface area contributed by atoms with Gasteiger partial charge < -0.3 is 0 Å². The van der Waals surface area contributed by atoms with Crippen LogP contribution in [0.1, 0.15) is 36.8 Å². The van der Waals surface area contributed by atoms with Gasteiger partial charge in [-0.05, 0) is 43.7 Å². The summed E-state index contributed by atoms with van der Waals surface area (Å²) < 4.78 is 38.1. The molecule has 5 heteroatoms. The molecule has 0 aromatic heterocycles. The van der Waals surface area contributed by atoms with E-state index in [0.29, 0.717) is 12.0 Å². The largest absolute Gasteiger partial charge is 0.416 e. The molecule has 110 valence electrons. The van der Waals surface area contributed by atoms with Crippen molar-refractivity contribution in [3.8, 4) is 0 Å². The molecule has 0 saturated carbocycles. The first-order chi connectivity index (χ1) is 9.50. The highest BCUT2D eigenvalue weighted by Crippen LogP contribution is 2.30. The molecule has 0 bridgehead atoms. The van der Waals surface area contributed by atoms with Crippen LogP contribution >= 0.6 is 0 Å². The molecular formula is C15H19F3N2. The Kier molecular flexibility index (Phi) is 4.83. The van der Waals surface area contributed by atoms with Gasteiger partial charge in [-0.1, -0.05) is 29.8 Å². The average molecular weight is 284 g/mol. The number of rotatable bonds is 4. The molecule has 0 heterocycles. The molecule has 2 nitrogen and oxygen atoms in total. The second-order valence-corrected chi connectivity index (χ2v) is 5.15. The van der Waals surface area contributed by atoms with Gasteiger partial charge in [0.2, 0.25) is 0 Å². The topological polar surface area (TPSA) is 38.0 Å². The van der Waals surface area contributed by atoms with Gasteiger partial charge in [-0.3, -0.25) is 11.3 Å². The van der Waals surface area contributed by atoms with Crippen LogP contribution in [0, 0.1) is 0 Å². The lowest BCUT2D eigenvalue weighted by atomic mass is 9.90. The first kappa shape index (κ1) is 15.1. The third-order valence-corrected chi connectivity index (χ3v) is 3.67. The molecule has 20 heavy (non-hydrogen) atoms. The summed E-state index contributed by atoms with van der Waals surface area (Å²) in [6, 6.07) is 5.37. The van der Waals surface area contributed by atoms with E-state index < -0.39 is 11.7 Å². The number of hydrogen-bond donors (Lipinski definition) is 2. The molecule has 1 aliphatic rings. The van der Waals surface area contributed by atoms with Gasteiger partial charge in [0.05, 0.1) is 5.56 Å². The lowest BCUT2D eigenvalue weighted by Gasteiger charge is -2.23. The number of hydrogen-bond acceptors (Lipinski definition) is 2. The molecule has 0 amide bonds. The van der Waals surface area contributed by atoms with E-state index in [4.69, 9.17) is 5.84 Å². The highest BCUT2D eigenvalue weighted by molar-refractivity contribution is 5.28. The zero-order valence-electron chi connectivity index (χ0n) is 11.2. The van der Waals surface area contributed by atoms with Crippen molar-refractivity contribution in [1.82, 2.24) is 5.43 Å². The zero-order valence-corrected chi connectivity index (χ0v) is 11.2. The minimum absolute atomic E-state index is 0.0845. The van der Waals surface area contributed by atoms with Gasteiger partial charge >= 0.3 is 6.18 Å². The van der Waals surface area contributed by atoms with E-state index in [0.717, 1.165) is 25.3 Å². The second-order valence-electron chi connectivity index (χ2n) is 5.15. The molecule has 1 aromatic rings. The summed E-state index contributed by atoms with van der Waals surface area (Å²) in [6.45, 7) is 0. The Morgan fingerprint density at radius 2 is 2.05 bits per heavy atom. The normalized spacial score (nSPS) is 17.7. The summed E-state index contributed by atoms with van der Waals surface area (Å²) >= 11 is 0. The summed E-state index contributed by atoms with van der Waals surface area (Å²) in [5, 5.41) is 0. The van der Waals surface area contributed by atoms with Crippen molar-refractivity contribution in [3.63, 3.8) is 0 Å². The Hall–Kier alpha value is -1.33. The summed E-state index contributed by atoms with van der Waals surface area (Å²) in [5.74, 6) is 5.56. The maximum Gasteiger partial charge on any atom is 0.416 e. The Morgan fingerprint density at radius 3 is 2.65 bits per heavy atom. The third-order valence-electron chi connectivity index (χ3n) is 3.67. The Bertz CT molecular complexity index is 480. The summed E-state index contributed by atoms with van der Waals surface area (Å²) in [4.78, 5) is 0. The molecular weight excluding hydrogens is 265 g/mol. The molecule has 1 aliphatic carbocycles. The molecule has 0 fully saturated rings. The van der Waals surface area contributed by atoms with Crippen molar-refractivity contribution in [3.05, 3.63) is 47.0 Å². The molecule has 0 spiro atoms. The summed E-state index contributed by atoms with van der Waals surface area (Å²) in [6.07, 6.45) is 2.61. The van der Waals surface area contributed by atoms with Crippen molar-refractivity contribution in [2.75, 3.05) is 0 Å². The molecule has 0 saturated heterocycles. The minimum Gasteiger partial charge on any atom is -0.271 e. The van der Waals surface area contributed by atoms with Gasteiger partial charge in [-0.15, -0.1) is 0 Å². The fraction of sp³-hybridized carbons (Fsp3) is 0.467. The standard InChI is InChI=1S/C15H19F3N2/c16-15(17,18)13-8-4-5-11(9-13)10-14(20-19)12-6-2-1-3-7-12/h4-6,8-9,14,20H,1-3,7,10,19H2. The Morgan fingerprint density at radius 1 is 1.25 bits per heavy atom. The molecule has 1 unspecified atom stereocenters. The van der Waals surface area contributed by atoms with Crippen LogP contribution in [-0.4, -0.2) is 6.04 Å². The number of benzene rings is 1. The maximum atomic E-state index is 12.7. The van der Waals surface area contributed by atoms with E-state index in [1.54, 1.807) is 6.07 Å². The highest BCUT2D eigenvalue weighted by Gasteiger charge is 2.30. The minimum atomic E-state index is -4.30. The fourth-order valence-electron chi connectivity index (χ4n) is 2.59. The molecule has 1 atom stereocenters. The number of nitrogens with one attached hydrogen (secondary N) is 1. The van der Waals surface area contributed by atoms with Crippen LogP contribution in [0.15, 0.2) is 35.9 Å². The molecule has 0 aliphatic heterocycles. The number of halogens is 3. The van der Waals surface area contributed by atoms with Gasteiger partial charge in [-0.2, -0.15) is 13.2 Å². The van der Waals surface area contributed by atoms with Crippen LogP contribution in [0.5, 0.6) is 0 Å². The second kappa shape index (κ2) is 6.41. The number of nitrogens with two attached hydrogens (primary N) is 1. The van der Waals surface area contributed by atoms with Crippen molar-refractivity contribution in [2.24, 2.45) is 5.84 Å². The van der Waals surface area contributed by atoms with Crippen LogP contribution in [0.4, 0.5) is 13.2 Å². The summed E-state index contributed by atoms with van der Waals surface area (Å²) in [7, 11) is 0. The van der Waals surface area contributed by atoms with E-state index in [-0.39, 0.29) is 6.04 Å². The van der Waals surface area contributed by atoms with Crippen molar-refractivity contribution >= 4 is 0 Å². The number of allylic oxidation sites excluding steroid dienone is 1. The van der Waals surface area contributed by atoms with Gasteiger partial charge in [0, 0.05) is 6.04 Å². The molecule has 1 aromatic carbocycles. The smallest absolute Gasteiger partial charge is 0.271 e. The molecule has 2 rings (SSSR count). The SMILES string of the molecule is NNC(Cc1cccc(C(F)(F)F)c1)C1=CCCCC1. The maximum absolute atomic E-state index is 12.7. The van der Waals surface area contributed by atoms with Crippen molar-refractivity contribution < 1.29 is 13.2 Å². The first-order valence-electron chi connectivity index (χ1n) is 6.82. The van der Waals surface area contributed by atoms with Crippen molar-refractivity contribution in [1.29, 1.82) is 0 Å². The van der Waals surface area contributed by atoms with E-state index in [1.807, 2.05) is 0 Å². The average Bonchev–Trinajstić information content (AvgIpc) is 2.45. The highest BCUT2D eigenvalue weighted by atomic mass is 19.4. The van der Waals surface area contributed by atoms with E-state index >= 15 is 0 Å². The Balaban J connectivity index is 2.13. The predicted octanol–water partition coefficient (Wildman–Crippen LogP) is 3.58. The quantitative estimate of drug-likeness (QED) is 0.504. The van der Waals surface area contributed by atoms with Gasteiger partial charge in [0.1, 0.15) is 0 Å². The van der Waals surface area contributed by atoms with E-state index in [1.165, 1.54) is 24.1 Å². The van der Waals surface area contributed by atoms with E-state index in [9.17, 15) is 13.2 Å². The van der Waals surface area contributed by atoms with Crippen molar-refractivity contribution in [2.45, 2.75) is 44.3 Å². The monoisotopic (exact) mass is 284 g/mol. The summed E-state index contributed by atoms with van der Waals surface area (Å²) in [5.41, 5.74) is 3.97. The van der Waals surface area contributed by atoms with Crippen LogP contribution in [0.3, 0.4) is 0 Å². The predicted molar refractivity (Wildman–Crippen MR) is 72.8 cm³/mol. The van der Waals surface area contributed by atoms with Crippen LogP contribution in [0.25, 0.3) is 0 Å². The number of alkyl halides is 3. The lowest BCUT2D eigenvalue weighted by molar-refractivity contribution is -0.137. The molecule has 3 N–H and O–H groups in total. The Labute approximate surface area is 116 Å².